The average molecular weight is 237 g/mol. The smallest absolute Gasteiger partial charge is 0.134 e. The first kappa shape index (κ1) is 13.7. The number of nitrogens with zero attached hydrogens (tertiary/aromatic N) is 3. The third-order valence-corrected chi connectivity index (χ3v) is 2.69. The molecule has 3 N–H and O–H groups in total. The van der Waals surface area contributed by atoms with Crippen LogP contribution in [0, 0.1) is 6.92 Å². The molecule has 5 heteroatoms. The van der Waals surface area contributed by atoms with Gasteiger partial charge in [0, 0.05) is 32.2 Å². The molecule has 96 valence electrons. The fraction of sp³-hybridized carbons (Fsp3) is 0.667. The van der Waals surface area contributed by atoms with E-state index in [1.54, 1.807) is 0 Å². The normalized spacial score (nSPS) is 12.3. The van der Waals surface area contributed by atoms with Gasteiger partial charge in [0.25, 0.3) is 0 Å². The molecule has 1 heterocycles. The summed E-state index contributed by atoms with van der Waals surface area (Å²) < 4.78 is 0. The lowest BCUT2D eigenvalue weighted by atomic mass is 10.2. The van der Waals surface area contributed by atoms with Gasteiger partial charge in [-0.25, -0.2) is 9.97 Å². The van der Waals surface area contributed by atoms with Gasteiger partial charge in [-0.2, -0.15) is 0 Å². The quantitative estimate of drug-likeness (QED) is 0.782. The number of nitrogens with one attached hydrogen (secondary N) is 1. The Balaban J connectivity index is 2.86. The van der Waals surface area contributed by atoms with Gasteiger partial charge in [-0.05, 0) is 20.3 Å². The zero-order valence-corrected chi connectivity index (χ0v) is 11.2. The van der Waals surface area contributed by atoms with Crippen LogP contribution in [-0.4, -0.2) is 36.1 Å². The van der Waals surface area contributed by atoms with Crippen molar-refractivity contribution in [1.29, 1.82) is 0 Å². The predicted octanol–water partition coefficient (Wildman–Crippen LogP) is 1.39. The summed E-state index contributed by atoms with van der Waals surface area (Å²) in [7, 11) is 1.99. The van der Waals surface area contributed by atoms with Crippen molar-refractivity contribution in [2.45, 2.75) is 33.2 Å². The number of anilines is 2. The summed E-state index contributed by atoms with van der Waals surface area (Å²) in [6.45, 7) is 7.60. The zero-order chi connectivity index (χ0) is 12.8. The fourth-order valence-electron chi connectivity index (χ4n) is 1.48. The van der Waals surface area contributed by atoms with Crippen molar-refractivity contribution in [3.05, 3.63) is 11.9 Å². The van der Waals surface area contributed by atoms with Crippen molar-refractivity contribution >= 4 is 11.6 Å². The lowest BCUT2D eigenvalue weighted by molar-refractivity contribution is 0.756. The van der Waals surface area contributed by atoms with Crippen LogP contribution in [-0.2, 0) is 0 Å². The van der Waals surface area contributed by atoms with E-state index in [1.165, 1.54) is 0 Å². The molecular weight excluding hydrogens is 214 g/mol. The summed E-state index contributed by atoms with van der Waals surface area (Å²) >= 11 is 0. The van der Waals surface area contributed by atoms with E-state index >= 15 is 0 Å². The van der Waals surface area contributed by atoms with E-state index in [9.17, 15) is 0 Å². The van der Waals surface area contributed by atoms with E-state index < -0.39 is 0 Å². The molecule has 1 atom stereocenters. The number of likely N-dealkylation sites (N-methyl/N-ethyl adjacent to an activating group) is 1. The van der Waals surface area contributed by atoms with E-state index in [-0.39, 0.29) is 0 Å². The molecular formula is C12H23N5. The maximum Gasteiger partial charge on any atom is 0.134 e. The van der Waals surface area contributed by atoms with Crippen molar-refractivity contribution < 1.29 is 0 Å². The molecule has 0 aliphatic heterocycles. The molecule has 0 saturated carbocycles. The van der Waals surface area contributed by atoms with Crippen LogP contribution in [0.5, 0.6) is 0 Å². The monoisotopic (exact) mass is 237 g/mol. The standard InChI is InChI=1S/C12H23N5/c1-5-9(2)14-11-8-12(16-10(3)15-11)17(4)7-6-13/h8-9H,5-7,13H2,1-4H3,(H,14,15,16). The minimum atomic E-state index is 0.414. The van der Waals surface area contributed by atoms with Crippen LogP contribution in [0.3, 0.4) is 0 Å². The van der Waals surface area contributed by atoms with Crippen LogP contribution in [0.4, 0.5) is 11.6 Å². The van der Waals surface area contributed by atoms with Gasteiger partial charge in [-0.3, -0.25) is 0 Å². The molecule has 0 fully saturated rings. The molecule has 5 nitrogen and oxygen atoms in total. The third-order valence-electron chi connectivity index (χ3n) is 2.69. The Labute approximate surface area is 103 Å². The van der Waals surface area contributed by atoms with Gasteiger partial charge in [0.2, 0.25) is 0 Å². The van der Waals surface area contributed by atoms with E-state index in [4.69, 9.17) is 5.73 Å². The Morgan fingerprint density at radius 3 is 2.76 bits per heavy atom. The van der Waals surface area contributed by atoms with Crippen LogP contribution < -0.4 is 16.0 Å². The summed E-state index contributed by atoms with van der Waals surface area (Å²) in [5, 5.41) is 3.36. The Morgan fingerprint density at radius 2 is 2.18 bits per heavy atom. The lowest BCUT2D eigenvalue weighted by Gasteiger charge is -2.19. The second kappa shape index (κ2) is 6.39. The summed E-state index contributed by atoms with van der Waals surface area (Å²) in [5.74, 6) is 2.57. The van der Waals surface area contributed by atoms with Crippen molar-refractivity contribution in [1.82, 2.24) is 9.97 Å². The number of hydrogen-bond donors (Lipinski definition) is 2. The van der Waals surface area contributed by atoms with Crippen molar-refractivity contribution in [2.24, 2.45) is 5.73 Å². The van der Waals surface area contributed by atoms with Crippen molar-refractivity contribution in [3.63, 3.8) is 0 Å². The molecule has 0 bridgehead atoms. The average Bonchev–Trinajstić information content (AvgIpc) is 2.28. The molecule has 1 aromatic heterocycles. The van der Waals surface area contributed by atoms with Gasteiger partial charge in [0.05, 0.1) is 0 Å². The molecule has 1 rings (SSSR count). The molecule has 17 heavy (non-hydrogen) atoms. The molecule has 0 aliphatic rings. The highest BCUT2D eigenvalue weighted by atomic mass is 15.2. The van der Waals surface area contributed by atoms with E-state index in [0.29, 0.717) is 12.6 Å². The van der Waals surface area contributed by atoms with Crippen molar-refractivity contribution in [2.75, 3.05) is 30.4 Å². The molecule has 0 saturated heterocycles. The Kier molecular flexibility index (Phi) is 5.15. The largest absolute Gasteiger partial charge is 0.367 e. The van der Waals surface area contributed by atoms with E-state index in [1.807, 2.05) is 24.9 Å². The maximum absolute atomic E-state index is 5.54. The number of nitrogens with two attached hydrogens (primary N) is 1. The molecule has 0 aromatic carbocycles. The van der Waals surface area contributed by atoms with Crippen LogP contribution in [0.1, 0.15) is 26.1 Å². The Morgan fingerprint density at radius 1 is 1.47 bits per heavy atom. The third kappa shape index (κ3) is 4.19. The highest BCUT2D eigenvalue weighted by molar-refractivity contribution is 5.49. The first-order chi connectivity index (χ1) is 8.06. The van der Waals surface area contributed by atoms with Crippen LogP contribution in [0.2, 0.25) is 0 Å². The first-order valence-electron chi connectivity index (χ1n) is 6.10. The summed E-state index contributed by atoms with van der Waals surface area (Å²) in [6.07, 6.45) is 1.07. The number of aryl methyl sites for hydroxylation is 1. The maximum atomic E-state index is 5.54. The van der Waals surface area contributed by atoms with Gasteiger partial charge >= 0.3 is 0 Å². The van der Waals surface area contributed by atoms with Gasteiger partial charge < -0.3 is 16.0 Å². The SMILES string of the molecule is CCC(C)Nc1cc(N(C)CCN)nc(C)n1. The van der Waals surface area contributed by atoms with Gasteiger partial charge in [0.15, 0.2) is 0 Å². The number of hydrogen-bond acceptors (Lipinski definition) is 5. The predicted molar refractivity (Wildman–Crippen MR) is 72.5 cm³/mol. The van der Waals surface area contributed by atoms with Crippen LogP contribution in [0.25, 0.3) is 0 Å². The molecule has 0 aliphatic carbocycles. The van der Waals surface area contributed by atoms with Crippen molar-refractivity contribution in [3.8, 4) is 0 Å². The zero-order valence-electron chi connectivity index (χ0n) is 11.2. The Hall–Kier alpha value is -1.36. The van der Waals surface area contributed by atoms with E-state index in [2.05, 4.69) is 29.1 Å². The number of aromatic nitrogens is 2. The molecule has 0 amide bonds. The summed E-state index contributed by atoms with van der Waals surface area (Å²) in [5.41, 5.74) is 5.54. The van der Waals surface area contributed by atoms with Crippen LogP contribution in [0.15, 0.2) is 6.07 Å². The Bertz CT molecular complexity index is 353. The van der Waals surface area contributed by atoms with Gasteiger partial charge in [-0.1, -0.05) is 6.92 Å². The topological polar surface area (TPSA) is 67.1 Å². The molecule has 1 unspecified atom stereocenters. The lowest BCUT2D eigenvalue weighted by Crippen LogP contribution is -2.26. The van der Waals surface area contributed by atoms with Gasteiger partial charge in [-0.15, -0.1) is 0 Å². The molecule has 0 spiro atoms. The van der Waals surface area contributed by atoms with Gasteiger partial charge in [0.1, 0.15) is 17.5 Å². The second-order valence-corrected chi connectivity index (χ2v) is 4.32. The highest BCUT2D eigenvalue weighted by Crippen LogP contribution is 2.15. The second-order valence-electron chi connectivity index (χ2n) is 4.32. The summed E-state index contributed by atoms with van der Waals surface area (Å²) in [4.78, 5) is 10.8. The highest BCUT2D eigenvalue weighted by Gasteiger charge is 2.07. The first-order valence-corrected chi connectivity index (χ1v) is 6.10. The molecule has 0 radical (unpaired) electrons. The van der Waals surface area contributed by atoms with E-state index in [0.717, 1.165) is 30.4 Å². The minimum Gasteiger partial charge on any atom is -0.367 e. The minimum absolute atomic E-state index is 0.414. The number of rotatable bonds is 6. The summed E-state index contributed by atoms with van der Waals surface area (Å²) in [6, 6.07) is 2.38. The van der Waals surface area contributed by atoms with Crippen LogP contribution >= 0.6 is 0 Å². The fourth-order valence-corrected chi connectivity index (χ4v) is 1.48. The molecule has 1 aromatic rings.